The van der Waals surface area contributed by atoms with Gasteiger partial charge in [-0.05, 0) is 31.2 Å². The normalized spacial score (nSPS) is 17.1. The average molecular weight is 306 g/mol. The van der Waals surface area contributed by atoms with E-state index in [-0.39, 0.29) is 16.7 Å². The first-order chi connectivity index (χ1) is 10.1. The summed E-state index contributed by atoms with van der Waals surface area (Å²) in [6, 6.07) is 11.4. The Hall–Kier alpha value is -2.07. The van der Waals surface area contributed by atoms with Gasteiger partial charge in [-0.1, -0.05) is 29.8 Å². The Labute approximate surface area is 126 Å². The average Bonchev–Trinajstić information content (AvgIpc) is 2.46. The summed E-state index contributed by atoms with van der Waals surface area (Å²) in [6.07, 6.45) is -0.172. The molecule has 5 heteroatoms. The lowest BCUT2D eigenvalue weighted by Crippen LogP contribution is -2.42. The molecule has 0 N–H and O–H groups in total. The largest absolute Gasteiger partial charge is 0.487 e. The molecule has 1 unspecified atom stereocenters. The molecule has 2 aromatic carbocycles. The van der Waals surface area contributed by atoms with Gasteiger partial charge in [-0.3, -0.25) is 4.79 Å². The fourth-order valence-electron chi connectivity index (χ4n) is 2.42. The minimum absolute atomic E-state index is 0.108. The smallest absolute Gasteiger partial charge is 0.263 e. The van der Waals surface area contributed by atoms with Crippen LogP contribution in [0.5, 0.6) is 5.75 Å². The van der Waals surface area contributed by atoms with Gasteiger partial charge in [-0.15, -0.1) is 0 Å². The van der Waals surface area contributed by atoms with Crippen LogP contribution >= 0.6 is 11.6 Å². The molecule has 0 radical (unpaired) electrons. The van der Waals surface area contributed by atoms with Crippen LogP contribution in [0.25, 0.3) is 0 Å². The zero-order valence-corrected chi connectivity index (χ0v) is 12.1. The topological polar surface area (TPSA) is 29.5 Å². The lowest BCUT2D eigenvalue weighted by atomic mass is 10.1. The van der Waals surface area contributed by atoms with Gasteiger partial charge in [0.15, 0.2) is 0 Å². The van der Waals surface area contributed by atoms with Crippen molar-refractivity contribution in [3.63, 3.8) is 0 Å². The predicted octanol–water partition coefficient (Wildman–Crippen LogP) is 3.91. The summed E-state index contributed by atoms with van der Waals surface area (Å²) in [4.78, 5) is 14.2. The molecule has 2 aromatic rings. The molecule has 1 heterocycles. The Balaban J connectivity index is 2.06. The molecule has 0 bridgehead atoms. The molecule has 1 aliphatic heterocycles. The highest BCUT2D eigenvalue weighted by atomic mass is 35.5. The summed E-state index contributed by atoms with van der Waals surface area (Å²) in [7, 11) is 0. The van der Waals surface area contributed by atoms with E-state index in [2.05, 4.69) is 0 Å². The van der Waals surface area contributed by atoms with Crippen molar-refractivity contribution >= 4 is 23.2 Å². The Morgan fingerprint density at radius 1 is 1.29 bits per heavy atom. The van der Waals surface area contributed by atoms with Gasteiger partial charge in [0, 0.05) is 0 Å². The van der Waals surface area contributed by atoms with Crippen molar-refractivity contribution in [2.75, 3.05) is 11.4 Å². The summed E-state index contributed by atoms with van der Waals surface area (Å²) < 4.78 is 19.7. The maximum Gasteiger partial charge on any atom is 0.263 e. The monoisotopic (exact) mass is 305 g/mol. The number of fused-ring (bicyclic) bond motifs is 1. The number of halogens is 2. The molecule has 1 atom stereocenters. The van der Waals surface area contributed by atoms with E-state index in [0.29, 0.717) is 18.0 Å². The van der Waals surface area contributed by atoms with Crippen molar-refractivity contribution < 1.29 is 13.9 Å². The molecule has 0 spiro atoms. The first-order valence-electron chi connectivity index (χ1n) is 6.59. The van der Waals surface area contributed by atoms with Crippen LogP contribution in [0, 0.1) is 5.82 Å². The number of anilines is 1. The van der Waals surface area contributed by atoms with Crippen LogP contribution in [0.4, 0.5) is 10.1 Å². The second-order valence-electron chi connectivity index (χ2n) is 4.91. The second kappa shape index (κ2) is 5.37. The molecule has 0 fully saturated rings. The molecular weight excluding hydrogens is 293 g/mol. The number of amides is 1. The molecular formula is C16H13ClFNO2. The third kappa shape index (κ3) is 2.47. The maximum atomic E-state index is 14.0. The first kappa shape index (κ1) is 13.9. The molecule has 0 aliphatic carbocycles. The van der Waals surface area contributed by atoms with Crippen molar-refractivity contribution in [2.24, 2.45) is 0 Å². The van der Waals surface area contributed by atoms with E-state index >= 15 is 0 Å². The highest BCUT2D eigenvalue weighted by molar-refractivity contribution is 6.34. The maximum absolute atomic E-state index is 14.0. The van der Waals surface area contributed by atoms with Gasteiger partial charge >= 0.3 is 0 Å². The number of hydrogen-bond donors (Lipinski definition) is 0. The van der Waals surface area contributed by atoms with E-state index in [1.54, 1.807) is 18.2 Å². The number of ether oxygens (including phenoxy) is 1. The summed E-state index contributed by atoms with van der Waals surface area (Å²) >= 11 is 5.99. The molecule has 0 saturated carbocycles. The Bertz CT molecular complexity index is 684. The van der Waals surface area contributed by atoms with E-state index in [4.69, 9.17) is 16.3 Å². The highest BCUT2D eigenvalue weighted by Gasteiger charge is 2.30. The molecule has 1 aliphatic rings. The zero-order valence-electron chi connectivity index (χ0n) is 11.3. The van der Waals surface area contributed by atoms with Gasteiger partial charge in [0.1, 0.15) is 17.7 Å². The predicted molar refractivity (Wildman–Crippen MR) is 79.6 cm³/mol. The molecule has 3 rings (SSSR count). The van der Waals surface area contributed by atoms with Crippen LogP contribution in [0.15, 0.2) is 42.5 Å². The van der Waals surface area contributed by atoms with Crippen LogP contribution in [-0.2, 0) is 0 Å². The number of benzene rings is 2. The van der Waals surface area contributed by atoms with Gasteiger partial charge in [0.05, 0.1) is 22.8 Å². The van der Waals surface area contributed by atoms with Crippen molar-refractivity contribution in [3.8, 4) is 5.75 Å². The second-order valence-corrected chi connectivity index (χ2v) is 5.32. The minimum atomic E-state index is -0.621. The van der Waals surface area contributed by atoms with Gasteiger partial charge in [0.2, 0.25) is 0 Å². The molecule has 3 nitrogen and oxygen atoms in total. The van der Waals surface area contributed by atoms with Crippen LogP contribution in [-0.4, -0.2) is 18.6 Å². The molecule has 1 amide bonds. The third-order valence-corrected chi connectivity index (χ3v) is 3.66. The van der Waals surface area contributed by atoms with Gasteiger partial charge < -0.3 is 9.64 Å². The number of carbonyl (C=O) groups is 1. The summed E-state index contributed by atoms with van der Waals surface area (Å²) in [5.74, 6) is -0.470. The quantitative estimate of drug-likeness (QED) is 0.799. The zero-order chi connectivity index (χ0) is 15.0. The lowest BCUT2D eigenvalue weighted by Gasteiger charge is -2.33. The standard InChI is InChI=1S/C16H13ClFNO2/c1-10-9-19(13-7-2-3-8-14(13)21-10)16(20)15-11(17)5-4-6-12(15)18/h2-8,10H,9H2,1H3. The Morgan fingerprint density at radius 2 is 2.05 bits per heavy atom. The third-order valence-electron chi connectivity index (χ3n) is 3.35. The van der Waals surface area contributed by atoms with Crippen molar-refractivity contribution in [1.82, 2.24) is 0 Å². The van der Waals surface area contributed by atoms with Crippen LogP contribution < -0.4 is 9.64 Å². The van der Waals surface area contributed by atoms with Crippen molar-refractivity contribution in [1.29, 1.82) is 0 Å². The Morgan fingerprint density at radius 3 is 2.81 bits per heavy atom. The number of carbonyl (C=O) groups excluding carboxylic acids is 1. The van der Waals surface area contributed by atoms with E-state index < -0.39 is 11.7 Å². The summed E-state index contributed by atoms with van der Waals surface area (Å²) in [5.41, 5.74) is 0.517. The summed E-state index contributed by atoms with van der Waals surface area (Å²) in [5, 5.41) is 0.108. The minimum Gasteiger partial charge on any atom is -0.487 e. The van der Waals surface area contributed by atoms with E-state index in [1.807, 2.05) is 13.0 Å². The van der Waals surface area contributed by atoms with Gasteiger partial charge in [0.25, 0.3) is 5.91 Å². The van der Waals surface area contributed by atoms with Crippen molar-refractivity contribution in [3.05, 3.63) is 58.9 Å². The van der Waals surface area contributed by atoms with Crippen molar-refractivity contribution in [2.45, 2.75) is 13.0 Å². The number of nitrogens with zero attached hydrogens (tertiary/aromatic N) is 1. The summed E-state index contributed by atoms with van der Waals surface area (Å²) in [6.45, 7) is 2.21. The first-order valence-corrected chi connectivity index (χ1v) is 6.97. The molecule has 0 aromatic heterocycles. The van der Waals surface area contributed by atoms with Crippen LogP contribution in [0.1, 0.15) is 17.3 Å². The molecule has 21 heavy (non-hydrogen) atoms. The van der Waals surface area contributed by atoms with Gasteiger partial charge in [-0.25, -0.2) is 4.39 Å². The van der Waals surface area contributed by atoms with E-state index in [0.717, 1.165) is 0 Å². The highest BCUT2D eigenvalue weighted by Crippen LogP contribution is 2.35. The SMILES string of the molecule is CC1CN(C(=O)c2c(F)cccc2Cl)c2ccccc2O1. The van der Waals surface area contributed by atoms with E-state index in [1.165, 1.54) is 23.1 Å². The molecule has 0 saturated heterocycles. The van der Waals surface area contributed by atoms with Gasteiger partial charge in [-0.2, -0.15) is 0 Å². The number of rotatable bonds is 1. The molecule has 108 valence electrons. The Kier molecular flexibility index (Phi) is 3.55. The lowest BCUT2D eigenvalue weighted by molar-refractivity contribution is 0.0957. The number of hydrogen-bond acceptors (Lipinski definition) is 2. The fraction of sp³-hybridized carbons (Fsp3) is 0.188. The number of para-hydroxylation sites is 2. The van der Waals surface area contributed by atoms with E-state index in [9.17, 15) is 9.18 Å². The van der Waals surface area contributed by atoms with Crippen LogP contribution in [0.3, 0.4) is 0 Å². The van der Waals surface area contributed by atoms with Crippen LogP contribution in [0.2, 0.25) is 5.02 Å². The fourth-order valence-corrected chi connectivity index (χ4v) is 2.66.